The Kier molecular flexibility index (Phi) is 3.78. The summed E-state index contributed by atoms with van der Waals surface area (Å²) < 4.78 is 23.8. The van der Waals surface area contributed by atoms with Gasteiger partial charge < -0.3 is 4.90 Å². The minimum atomic E-state index is -2.96. The Bertz CT molecular complexity index is 698. The minimum absolute atomic E-state index is 0.0366. The fourth-order valence-electron chi connectivity index (χ4n) is 3.12. The van der Waals surface area contributed by atoms with Gasteiger partial charge in [-0.25, -0.2) is 8.42 Å². The number of aliphatic imine (C=N–C) groups is 1. The van der Waals surface area contributed by atoms with Crippen LogP contribution in [0.3, 0.4) is 0 Å². The highest BCUT2D eigenvalue weighted by atomic mass is 32.2. The second kappa shape index (κ2) is 5.32. The van der Waals surface area contributed by atoms with E-state index in [-0.39, 0.29) is 23.6 Å². The Morgan fingerprint density at radius 1 is 1.33 bits per heavy atom. The van der Waals surface area contributed by atoms with E-state index in [2.05, 4.69) is 48.9 Å². The van der Waals surface area contributed by atoms with E-state index in [0.29, 0.717) is 0 Å². The molecule has 0 aliphatic carbocycles. The molecule has 1 saturated heterocycles. The van der Waals surface area contributed by atoms with Crippen molar-refractivity contribution in [2.45, 2.75) is 32.9 Å². The number of sulfone groups is 1. The molecule has 21 heavy (non-hydrogen) atoms. The van der Waals surface area contributed by atoms with E-state index < -0.39 is 9.84 Å². The summed E-state index contributed by atoms with van der Waals surface area (Å²) in [6.07, 6.45) is 0. The van der Waals surface area contributed by atoms with Crippen LogP contribution in [0, 0.1) is 13.8 Å². The van der Waals surface area contributed by atoms with E-state index in [1.165, 1.54) is 11.1 Å². The van der Waals surface area contributed by atoms with E-state index in [4.69, 9.17) is 0 Å². The summed E-state index contributed by atoms with van der Waals surface area (Å²) in [7, 11) is -2.96. The molecule has 0 bridgehead atoms. The lowest BCUT2D eigenvalue weighted by molar-refractivity contribution is 0.601. The summed E-state index contributed by atoms with van der Waals surface area (Å²) in [5.74, 6) is 1.33. The van der Waals surface area contributed by atoms with Gasteiger partial charge in [-0.05, 0) is 31.2 Å². The van der Waals surface area contributed by atoms with Crippen LogP contribution in [-0.2, 0) is 9.84 Å². The number of thioether (sulfide) groups is 1. The van der Waals surface area contributed by atoms with Gasteiger partial charge in [0.2, 0.25) is 0 Å². The number of aryl methyl sites for hydroxylation is 2. The number of fused-ring (bicyclic) bond motifs is 1. The second-order valence-electron chi connectivity index (χ2n) is 5.72. The quantitative estimate of drug-likeness (QED) is 0.838. The minimum Gasteiger partial charge on any atom is -0.315 e. The molecule has 6 heteroatoms. The molecule has 4 nitrogen and oxygen atoms in total. The number of amidine groups is 1. The predicted molar refractivity (Wildman–Crippen MR) is 90.2 cm³/mol. The van der Waals surface area contributed by atoms with E-state index in [1.54, 1.807) is 11.8 Å². The molecule has 1 fully saturated rings. The van der Waals surface area contributed by atoms with Crippen LogP contribution in [0.5, 0.6) is 0 Å². The molecule has 0 unspecified atom stereocenters. The van der Waals surface area contributed by atoms with Gasteiger partial charge in [0.1, 0.15) is 0 Å². The first-order valence-corrected chi connectivity index (χ1v) is 9.99. The highest BCUT2D eigenvalue weighted by Crippen LogP contribution is 2.36. The van der Waals surface area contributed by atoms with Crippen molar-refractivity contribution >= 4 is 32.5 Å². The maximum Gasteiger partial charge on any atom is 0.164 e. The zero-order valence-electron chi connectivity index (χ0n) is 12.5. The largest absolute Gasteiger partial charge is 0.315 e. The highest BCUT2D eigenvalue weighted by Gasteiger charge is 2.47. The zero-order valence-corrected chi connectivity index (χ0v) is 14.2. The van der Waals surface area contributed by atoms with E-state index >= 15 is 0 Å². The van der Waals surface area contributed by atoms with Gasteiger partial charge in [0.25, 0.3) is 0 Å². The zero-order chi connectivity index (χ0) is 15.2. The van der Waals surface area contributed by atoms with E-state index in [9.17, 15) is 8.42 Å². The Morgan fingerprint density at radius 2 is 2.10 bits per heavy atom. The van der Waals surface area contributed by atoms with E-state index in [1.807, 2.05) is 0 Å². The van der Waals surface area contributed by atoms with Crippen LogP contribution in [0.1, 0.15) is 18.1 Å². The van der Waals surface area contributed by atoms with Crippen LogP contribution >= 0.6 is 11.8 Å². The molecule has 0 saturated carbocycles. The Hall–Kier alpha value is -1.01. The highest BCUT2D eigenvalue weighted by molar-refractivity contribution is 8.14. The maximum absolute atomic E-state index is 11.9. The fraction of sp³-hybridized carbons (Fsp3) is 0.533. The summed E-state index contributed by atoms with van der Waals surface area (Å²) in [6, 6.07) is 6.16. The molecule has 1 aromatic carbocycles. The van der Waals surface area contributed by atoms with Crippen molar-refractivity contribution in [2.75, 3.05) is 22.2 Å². The van der Waals surface area contributed by atoms with E-state index in [0.717, 1.165) is 16.6 Å². The van der Waals surface area contributed by atoms with Crippen molar-refractivity contribution < 1.29 is 8.42 Å². The number of hydrogen-bond donors (Lipinski definition) is 0. The van der Waals surface area contributed by atoms with Crippen molar-refractivity contribution in [1.29, 1.82) is 0 Å². The number of benzene rings is 1. The van der Waals surface area contributed by atoms with Gasteiger partial charge in [0.05, 0.1) is 23.6 Å². The number of hydrogen-bond acceptors (Lipinski definition) is 5. The molecule has 0 spiro atoms. The van der Waals surface area contributed by atoms with Gasteiger partial charge in [-0.1, -0.05) is 36.4 Å². The second-order valence-corrected chi connectivity index (χ2v) is 9.10. The summed E-state index contributed by atoms with van der Waals surface area (Å²) >= 11 is 1.69. The van der Waals surface area contributed by atoms with Crippen molar-refractivity contribution in [1.82, 2.24) is 0 Å². The van der Waals surface area contributed by atoms with Crippen molar-refractivity contribution in [2.24, 2.45) is 4.99 Å². The molecule has 2 atom stereocenters. The summed E-state index contributed by atoms with van der Waals surface area (Å²) in [5.41, 5.74) is 3.47. The summed E-state index contributed by atoms with van der Waals surface area (Å²) in [6.45, 7) is 6.24. The summed E-state index contributed by atoms with van der Waals surface area (Å²) in [5, 5.41) is 0.967. The normalized spacial score (nSPS) is 26.8. The maximum atomic E-state index is 11.9. The van der Waals surface area contributed by atoms with Crippen LogP contribution < -0.4 is 4.90 Å². The third-order valence-corrected chi connectivity index (χ3v) is 6.54. The number of nitrogens with zero attached hydrogens (tertiary/aromatic N) is 2. The molecule has 1 aromatic rings. The molecule has 2 aliphatic rings. The molecule has 2 heterocycles. The van der Waals surface area contributed by atoms with Gasteiger partial charge in [-0.15, -0.1) is 0 Å². The van der Waals surface area contributed by atoms with Crippen LogP contribution in [-0.4, -0.2) is 42.9 Å². The molecule has 0 aromatic heterocycles. The standard InChI is InChI=1S/C15H20N2O2S2/c1-4-20-15-16-12-8-21(18,19)9-14(12)17(15)13-6-5-10(2)7-11(13)3/h5-7,12,14H,4,8-9H2,1-3H3/t12-,14-/m0/s1. The molecule has 0 N–H and O–H groups in total. The fourth-order valence-corrected chi connectivity index (χ4v) is 5.81. The molecule has 3 rings (SSSR count). The lowest BCUT2D eigenvalue weighted by atomic mass is 10.1. The summed E-state index contributed by atoms with van der Waals surface area (Å²) in [4.78, 5) is 6.83. The average Bonchev–Trinajstić information content (AvgIpc) is 2.82. The molecule has 2 aliphatic heterocycles. The third-order valence-electron chi connectivity index (χ3n) is 3.99. The van der Waals surface area contributed by atoms with Crippen LogP contribution in [0.25, 0.3) is 0 Å². The van der Waals surface area contributed by atoms with Crippen LogP contribution in [0.2, 0.25) is 0 Å². The first-order chi connectivity index (χ1) is 9.91. The Morgan fingerprint density at radius 3 is 2.76 bits per heavy atom. The molecule has 0 amide bonds. The topological polar surface area (TPSA) is 49.7 Å². The van der Waals surface area contributed by atoms with Gasteiger partial charge in [0, 0.05) is 5.69 Å². The van der Waals surface area contributed by atoms with Gasteiger partial charge in [0.15, 0.2) is 15.0 Å². The van der Waals surface area contributed by atoms with Gasteiger partial charge in [-0.3, -0.25) is 4.99 Å². The monoisotopic (exact) mass is 324 g/mol. The third kappa shape index (κ3) is 2.71. The Labute approximate surface area is 130 Å². The first kappa shape index (κ1) is 14.9. The smallest absolute Gasteiger partial charge is 0.164 e. The van der Waals surface area contributed by atoms with Crippen molar-refractivity contribution in [3.8, 4) is 0 Å². The van der Waals surface area contributed by atoms with Crippen LogP contribution in [0.4, 0.5) is 5.69 Å². The number of rotatable bonds is 2. The van der Waals surface area contributed by atoms with Gasteiger partial charge >= 0.3 is 0 Å². The predicted octanol–water partition coefficient (Wildman–Crippen LogP) is 2.40. The molecule has 0 radical (unpaired) electrons. The lowest BCUT2D eigenvalue weighted by Crippen LogP contribution is -2.39. The van der Waals surface area contributed by atoms with Crippen molar-refractivity contribution in [3.63, 3.8) is 0 Å². The van der Waals surface area contributed by atoms with Gasteiger partial charge in [-0.2, -0.15) is 0 Å². The Balaban J connectivity index is 2.03. The number of anilines is 1. The molecular formula is C15H20N2O2S2. The van der Waals surface area contributed by atoms with Crippen molar-refractivity contribution in [3.05, 3.63) is 29.3 Å². The SMILES string of the molecule is CCSC1=N[C@H]2CS(=O)(=O)C[C@@H]2N1c1ccc(C)cc1C. The average molecular weight is 324 g/mol. The molecule has 114 valence electrons. The van der Waals surface area contributed by atoms with Crippen LogP contribution in [0.15, 0.2) is 23.2 Å². The first-order valence-electron chi connectivity index (χ1n) is 7.19. The molecular weight excluding hydrogens is 304 g/mol. The lowest BCUT2D eigenvalue weighted by Gasteiger charge is -2.28.